The molecule has 0 bridgehead atoms. The lowest BCUT2D eigenvalue weighted by Gasteiger charge is -2.10. The summed E-state index contributed by atoms with van der Waals surface area (Å²) in [5, 5.41) is 13.8. The van der Waals surface area contributed by atoms with E-state index in [1.165, 1.54) is 36.1 Å². The van der Waals surface area contributed by atoms with Gasteiger partial charge in [0.2, 0.25) is 5.13 Å². The Morgan fingerprint density at radius 3 is 2.88 bits per heavy atom. The standard InChI is InChI=1S/C16H18N6S3/c17-13-12-9-3-1-2-4-10(9)24-14(12)20-11(19-13)7-23-16-22-21-15(25-16)18-8-5-6-8/h8H,1-7H2,(H,18,21)(H2,17,19,20). The molecule has 0 saturated heterocycles. The van der Waals surface area contributed by atoms with Crippen molar-refractivity contribution in [3.8, 4) is 0 Å². The van der Waals surface area contributed by atoms with Crippen LogP contribution < -0.4 is 11.1 Å². The van der Waals surface area contributed by atoms with E-state index in [1.54, 1.807) is 34.4 Å². The number of nitrogens with one attached hydrogen (secondary N) is 1. The number of rotatable bonds is 5. The van der Waals surface area contributed by atoms with Crippen molar-refractivity contribution in [2.75, 3.05) is 11.1 Å². The third kappa shape index (κ3) is 3.20. The molecule has 130 valence electrons. The summed E-state index contributed by atoms with van der Waals surface area (Å²) in [6.07, 6.45) is 7.24. The molecule has 0 spiro atoms. The zero-order valence-corrected chi connectivity index (χ0v) is 16.1. The molecule has 3 aromatic rings. The Balaban J connectivity index is 1.35. The lowest BCUT2D eigenvalue weighted by Crippen LogP contribution is -2.02. The molecule has 0 atom stereocenters. The van der Waals surface area contributed by atoms with Crippen LogP contribution in [0, 0.1) is 0 Å². The minimum Gasteiger partial charge on any atom is -0.383 e. The van der Waals surface area contributed by atoms with E-state index >= 15 is 0 Å². The summed E-state index contributed by atoms with van der Waals surface area (Å²) < 4.78 is 0.941. The van der Waals surface area contributed by atoms with Crippen molar-refractivity contribution < 1.29 is 0 Å². The Bertz CT molecular complexity index is 929. The predicted molar refractivity (Wildman–Crippen MR) is 105 cm³/mol. The third-order valence-electron chi connectivity index (χ3n) is 4.53. The molecular weight excluding hydrogens is 372 g/mol. The van der Waals surface area contributed by atoms with Crippen LogP contribution in [0.2, 0.25) is 0 Å². The second-order valence-electron chi connectivity index (χ2n) is 6.50. The van der Waals surface area contributed by atoms with Gasteiger partial charge in [-0.25, -0.2) is 9.97 Å². The average Bonchev–Trinajstić information content (AvgIpc) is 3.17. The van der Waals surface area contributed by atoms with Crippen LogP contribution in [0.5, 0.6) is 0 Å². The zero-order chi connectivity index (χ0) is 16.8. The van der Waals surface area contributed by atoms with Gasteiger partial charge >= 0.3 is 0 Å². The third-order valence-corrected chi connectivity index (χ3v) is 7.69. The Morgan fingerprint density at radius 2 is 2.00 bits per heavy atom. The highest BCUT2D eigenvalue weighted by molar-refractivity contribution is 8.00. The molecule has 0 aromatic carbocycles. The molecule has 9 heteroatoms. The average molecular weight is 391 g/mol. The van der Waals surface area contributed by atoms with Crippen molar-refractivity contribution in [1.29, 1.82) is 0 Å². The molecule has 5 rings (SSSR count). The van der Waals surface area contributed by atoms with Crippen molar-refractivity contribution in [3.05, 3.63) is 16.3 Å². The summed E-state index contributed by atoms with van der Waals surface area (Å²) in [5.74, 6) is 2.08. The van der Waals surface area contributed by atoms with E-state index in [1.807, 2.05) is 0 Å². The van der Waals surface area contributed by atoms with Crippen LogP contribution in [0.25, 0.3) is 10.2 Å². The van der Waals surface area contributed by atoms with Crippen molar-refractivity contribution in [1.82, 2.24) is 20.2 Å². The summed E-state index contributed by atoms with van der Waals surface area (Å²) in [7, 11) is 0. The Morgan fingerprint density at radius 1 is 1.12 bits per heavy atom. The van der Waals surface area contributed by atoms with E-state index in [2.05, 4.69) is 20.5 Å². The fraction of sp³-hybridized carbons (Fsp3) is 0.500. The molecule has 3 aromatic heterocycles. The first-order valence-corrected chi connectivity index (χ1v) is 11.2. The van der Waals surface area contributed by atoms with Gasteiger partial charge < -0.3 is 11.1 Å². The highest BCUT2D eigenvalue weighted by Gasteiger charge is 2.23. The smallest absolute Gasteiger partial charge is 0.206 e. The fourth-order valence-corrected chi connectivity index (χ4v) is 6.12. The number of anilines is 2. The second kappa shape index (κ2) is 6.37. The van der Waals surface area contributed by atoms with Gasteiger partial charge in [-0.05, 0) is 44.1 Å². The molecule has 1 fully saturated rings. The first kappa shape index (κ1) is 15.8. The first-order chi connectivity index (χ1) is 12.3. The molecule has 0 aliphatic heterocycles. The fourth-order valence-electron chi connectivity index (χ4n) is 3.15. The highest BCUT2D eigenvalue weighted by atomic mass is 32.2. The number of hydrogen-bond donors (Lipinski definition) is 2. The number of nitrogens with zero attached hydrogens (tertiary/aromatic N) is 4. The molecule has 3 heterocycles. The first-order valence-electron chi connectivity index (χ1n) is 8.56. The summed E-state index contributed by atoms with van der Waals surface area (Å²) in [4.78, 5) is 11.8. The number of hydrogen-bond acceptors (Lipinski definition) is 9. The topological polar surface area (TPSA) is 89.6 Å². The maximum atomic E-state index is 6.27. The normalized spacial score (nSPS) is 17.0. The summed E-state index contributed by atoms with van der Waals surface area (Å²) >= 11 is 5.01. The quantitative estimate of drug-likeness (QED) is 0.639. The van der Waals surface area contributed by atoms with E-state index in [4.69, 9.17) is 10.7 Å². The summed E-state index contributed by atoms with van der Waals surface area (Å²) in [5.41, 5.74) is 7.66. The van der Waals surface area contributed by atoms with E-state index in [0.717, 1.165) is 38.4 Å². The van der Waals surface area contributed by atoms with Crippen LogP contribution in [0.15, 0.2) is 4.34 Å². The second-order valence-corrected chi connectivity index (χ2v) is 9.78. The van der Waals surface area contributed by atoms with Gasteiger partial charge in [0.25, 0.3) is 0 Å². The molecule has 1 saturated carbocycles. The van der Waals surface area contributed by atoms with E-state index in [-0.39, 0.29) is 0 Å². The van der Waals surface area contributed by atoms with Gasteiger partial charge in [-0.15, -0.1) is 21.5 Å². The van der Waals surface area contributed by atoms with Crippen molar-refractivity contribution in [3.63, 3.8) is 0 Å². The number of nitrogens with two attached hydrogens (primary N) is 1. The Kier molecular flexibility index (Phi) is 4.02. The van der Waals surface area contributed by atoms with E-state index in [9.17, 15) is 0 Å². The highest BCUT2D eigenvalue weighted by Crippen LogP contribution is 2.38. The summed E-state index contributed by atoms with van der Waals surface area (Å²) in [6.45, 7) is 0. The van der Waals surface area contributed by atoms with Crippen LogP contribution in [-0.4, -0.2) is 26.2 Å². The van der Waals surface area contributed by atoms with Crippen molar-refractivity contribution in [2.24, 2.45) is 0 Å². The molecule has 2 aliphatic carbocycles. The minimum atomic E-state index is 0.598. The molecule has 3 N–H and O–H groups in total. The molecule has 0 amide bonds. The van der Waals surface area contributed by atoms with Gasteiger partial charge in [0.15, 0.2) is 4.34 Å². The van der Waals surface area contributed by atoms with Gasteiger partial charge in [0, 0.05) is 10.9 Å². The molecule has 2 aliphatic rings. The maximum absolute atomic E-state index is 6.27. The van der Waals surface area contributed by atoms with Gasteiger partial charge in [0.05, 0.1) is 11.1 Å². The Labute approximate surface area is 157 Å². The van der Waals surface area contributed by atoms with Crippen LogP contribution in [-0.2, 0) is 18.6 Å². The van der Waals surface area contributed by atoms with Crippen molar-refractivity contribution >= 4 is 55.6 Å². The summed E-state index contributed by atoms with van der Waals surface area (Å²) in [6, 6.07) is 0.598. The van der Waals surface area contributed by atoms with Crippen LogP contribution in [0.1, 0.15) is 41.9 Å². The number of thiophene rings is 1. The number of aryl methyl sites for hydroxylation is 2. The zero-order valence-electron chi connectivity index (χ0n) is 13.6. The van der Waals surface area contributed by atoms with Gasteiger partial charge in [-0.2, -0.15) is 0 Å². The lowest BCUT2D eigenvalue weighted by molar-refractivity contribution is 0.700. The van der Waals surface area contributed by atoms with Gasteiger partial charge in [-0.1, -0.05) is 23.1 Å². The Hall–Kier alpha value is -1.45. The number of thioether (sulfide) groups is 1. The lowest BCUT2D eigenvalue weighted by atomic mass is 9.97. The molecule has 25 heavy (non-hydrogen) atoms. The predicted octanol–water partition coefficient (Wildman–Crippen LogP) is 3.87. The molecule has 0 unspecified atom stereocenters. The van der Waals surface area contributed by atoms with E-state index in [0.29, 0.717) is 17.6 Å². The largest absolute Gasteiger partial charge is 0.383 e. The van der Waals surface area contributed by atoms with Crippen molar-refractivity contribution in [2.45, 2.75) is 54.7 Å². The monoisotopic (exact) mass is 390 g/mol. The molecule has 6 nitrogen and oxygen atoms in total. The number of fused-ring (bicyclic) bond motifs is 3. The maximum Gasteiger partial charge on any atom is 0.206 e. The van der Waals surface area contributed by atoms with Crippen LogP contribution in [0.3, 0.4) is 0 Å². The minimum absolute atomic E-state index is 0.598. The van der Waals surface area contributed by atoms with Gasteiger partial charge in [0.1, 0.15) is 16.5 Å². The number of aromatic nitrogens is 4. The van der Waals surface area contributed by atoms with Gasteiger partial charge in [-0.3, -0.25) is 0 Å². The molecule has 0 radical (unpaired) electrons. The van der Waals surface area contributed by atoms with E-state index < -0.39 is 0 Å². The SMILES string of the molecule is Nc1nc(CSc2nnc(NC3CC3)s2)nc2sc3c(c12)CCCC3. The van der Waals surface area contributed by atoms with Crippen LogP contribution >= 0.6 is 34.4 Å². The van der Waals surface area contributed by atoms with Crippen LogP contribution in [0.4, 0.5) is 10.9 Å². The molecular formula is C16H18N6S3. The number of nitrogen functional groups attached to an aromatic ring is 1.